The predicted molar refractivity (Wildman–Crippen MR) is 79.8 cm³/mol. The van der Waals surface area contributed by atoms with Crippen molar-refractivity contribution in [1.29, 1.82) is 0 Å². The molecule has 1 atom stereocenters. The molecule has 1 amide bonds. The largest absolute Gasteiger partial charge is 0.389 e. The molecule has 1 aromatic rings. The number of nitrogens with zero attached hydrogens (tertiary/aromatic N) is 1. The monoisotopic (exact) mass is 280 g/mol. The maximum Gasteiger partial charge on any atom is 0.238 e. The summed E-state index contributed by atoms with van der Waals surface area (Å²) in [6.07, 6.45) is 0.399. The Morgan fingerprint density at radius 3 is 2.60 bits per heavy atom. The average molecular weight is 280 g/mol. The topological polar surface area (TPSA) is 61.8 Å². The molecule has 0 saturated carbocycles. The summed E-state index contributed by atoms with van der Waals surface area (Å²) >= 11 is 0. The Morgan fingerprint density at radius 1 is 1.40 bits per heavy atom. The molecule has 0 bridgehead atoms. The fraction of sp³-hybridized carbons (Fsp3) is 0.533. The average Bonchev–Trinajstić information content (AvgIpc) is 2.39. The normalized spacial score (nSPS) is 12.4. The number of likely N-dealkylation sites (N-methyl/N-ethyl adjacent to an activating group) is 1. The summed E-state index contributed by atoms with van der Waals surface area (Å²) in [6.45, 7) is 2.99. The van der Waals surface area contributed by atoms with Gasteiger partial charge in [0.1, 0.15) is 0 Å². The van der Waals surface area contributed by atoms with E-state index in [4.69, 9.17) is 4.74 Å². The molecule has 1 unspecified atom stereocenters. The number of aliphatic hydroxyl groups excluding tert-OH is 1. The molecule has 0 saturated heterocycles. The third kappa shape index (κ3) is 6.14. The van der Waals surface area contributed by atoms with Gasteiger partial charge in [-0.3, -0.25) is 9.69 Å². The summed E-state index contributed by atoms with van der Waals surface area (Å²) in [5, 5.41) is 12.4. The van der Waals surface area contributed by atoms with Gasteiger partial charge in [0.25, 0.3) is 0 Å². The SMILES string of the molecule is CCc1ccc(NC(=O)CN(C)CC(O)COC)cc1. The molecule has 5 heteroatoms. The zero-order valence-corrected chi connectivity index (χ0v) is 12.4. The minimum absolute atomic E-state index is 0.0960. The molecule has 0 heterocycles. The van der Waals surface area contributed by atoms with Crippen LogP contribution in [0.3, 0.4) is 0 Å². The second-order valence-electron chi connectivity index (χ2n) is 4.90. The van der Waals surface area contributed by atoms with Gasteiger partial charge < -0.3 is 15.2 Å². The van der Waals surface area contributed by atoms with Gasteiger partial charge in [-0.05, 0) is 31.2 Å². The van der Waals surface area contributed by atoms with Crippen LogP contribution in [0.4, 0.5) is 5.69 Å². The van der Waals surface area contributed by atoms with Crippen LogP contribution in [0, 0.1) is 0 Å². The molecule has 0 spiro atoms. The van der Waals surface area contributed by atoms with Crippen molar-refractivity contribution in [2.75, 3.05) is 39.2 Å². The van der Waals surface area contributed by atoms with Crippen molar-refractivity contribution in [2.24, 2.45) is 0 Å². The zero-order chi connectivity index (χ0) is 15.0. The highest BCUT2D eigenvalue weighted by Crippen LogP contribution is 2.09. The van der Waals surface area contributed by atoms with E-state index in [1.165, 1.54) is 12.7 Å². The fourth-order valence-electron chi connectivity index (χ4n) is 1.94. The minimum atomic E-state index is -0.582. The van der Waals surface area contributed by atoms with Crippen molar-refractivity contribution in [1.82, 2.24) is 4.90 Å². The Balaban J connectivity index is 2.38. The summed E-state index contributed by atoms with van der Waals surface area (Å²) in [6, 6.07) is 7.80. The zero-order valence-electron chi connectivity index (χ0n) is 12.4. The highest BCUT2D eigenvalue weighted by atomic mass is 16.5. The number of rotatable bonds is 8. The van der Waals surface area contributed by atoms with Gasteiger partial charge in [-0.1, -0.05) is 19.1 Å². The molecule has 2 N–H and O–H groups in total. The number of anilines is 1. The van der Waals surface area contributed by atoms with Crippen molar-refractivity contribution >= 4 is 11.6 Å². The number of methoxy groups -OCH3 is 1. The fourth-order valence-corrected chi connectivity index (χ4v) is 1.94. The molecule has 0 aliphatic rings. The maximum atomic E-state index is 11.9. The number of amides is 1. The number of aryl methyl sites for hydroxylation is 1. The molecule has 5 nitrogen and oxygen atoms in total. The summed E-state index contributed by atoms with van der Waals surface area (Å²) in [5.41, 5.74) is 2.03. The molecule has 1 aromatic carbocycles. The van der Waals surface area contributed by atoms with Crippen molar-refractivity contribution in [3.05, 3.63) is 29.8 Å². The number of carbonyl (C=O) groups excluding carboxylic acids is 1. The number of hydrogen-bond donors (Lipinski definition) is 2. The van der Waals surface area contributed by atoms with Crippen LogP contribution >= 0.6 is 0 Å². The molecule has 0 aliphatic heterocycles. The van der Waals surface area contributed by atoms with Crippen LogP contribution in [0.1, 0.15) is 12.5 Å². The lowest BCUT2D eigenvalue weighted by molar-refractivity contribution is -0.117. The van der Waals surface area contributed by atoms with E-state index in [9.17, 15) is 9.90 Å². The summed E-state index contributed by atoms with van der Waals surface area (Å²) in [7, 11) is 3.33. The minimum Gasteiger partial charge on any atom is -0.389 e. The first kappa shape index (κ1) is 16.6. The number of aliphatic hydroxyl groups is 1. The summed E-state index contributed by atoms with van der Waals surface area (Å²) in [5.74, 6) is -0.0960. The van der Waals surface area contributed by atoms with Crippen LogP contribution in [0.2, 0.25) is 0 Å². The van der Waals surface area contributed by atoms with Gasteiger partial charge in [-0.2, -0.15) is 0 Å². The highest BCUT2D eigenvalue weighted by molar-refractivity contribution is 5.92. The third-order valence-electron chi connectivity index (χ3n) is 2.94. The molecule has 0 aliphatic carbocycles. The molecular weight excluding hydrogens is 256 g/mol. The lowest BCUT2D eigenvalue weighted by Gasteiger charge is -2.19. The van der Waals surface area contributed by atoms with Crippen molar-refractivity contribution in [2.45, 2.75) is 19.4 Å². The molecule has 0 aromatic heterocycles. The first-order valence-corrected chi connectivity index (χ1v) is 6.79. The van der Waals surface area contributed by atoms with E-state index in [-0.39, 0.29) is 19.1 Å². The van der Waals surface area contributed by atoms with E-state index in [2.05, 4.69) is 12.2 Å². The smallest absolute Gasteiger partial charge is 0.238 e. The van der Waals surface area contributed by atoms with Gasteiger partial charge in [-0.25, -0.2) is 0 Å². The van der Waals surface area contributed by atoms with Gasteiger partial charge in [0, 0.05) is 19.3 Å². The summed E-state index contributed by atoms with van der Waals surface area (Å²) in [4.78, 5) is 13.6. The number of nitrogens with one attached hydrogen (secondary N) is 1. The lowest BCUT2D eigenvalue weighted by atomic mass is 10.1. The van der Waals surface area contributed by atoms with E-state index >= 15 is 0 Å². The highest BCUT2D eigenvalue weighted by Gasteiger charge is 2.11. The van der Waals surface area contributed by atoms with Crippen LogP contribution in [0.5, 0.6) is 0 Å². The number of hydrogen-bond acceptors (Lipinski definition) is 4. The van der Waals surface area contributed by atoms with E-state index < -0.39 is 6.10 Å². The first-order valence-electron chi connectivity index (χ1n) is 6.79. The number of carbonyl (C=O) groups is 1. The molecular formula is C15H24N2O3. The molecule has 112 valence electrons. The van der Waals surface area contributed by atoms with Gasteiger partial charge in [0.2, 0.25) is 5.91 Å². The second-order valence-corrected chi connectivity index (χ2v) is 4.90. The standard InChI is InChI=1S/C15H24N2O3/c1-4-12-5-7-13(8-6-12)16-15(19)10-17(2)9-14(18)11-20-3/h5-8,14,18H,4,9-11H2,1-3H3,(H,16,19). The van der Waals surface area contributed by atoms with E-state index in [1.54, 1.807) is 11.9 Å². The van der Waals surface area contributed by atoms with Crippen LogP contribution in [-0.2, 0) is 16.0 Å². The Bertz CT molecular complexity index is 406. The van der Waals surface area contributed by atoms with Crippen LogP contribution in [0.15, 0.2) is 24.3 Å². The lowest BCUT2D eigenvalue weighted by Crippen LogP contribution is -2.37. The third-order valence-corrected chi connectivity index (χ3v) is 2.94. The van der Waals surface area contributed by atoms with E-state index in [1.807, 2.05) is 24.3 Å². The van der Waals surface area contributed by atoms with Crippen LogP contribution in [0.25, 0.3) is 0 Å². The van der Waals surface area contributed by atoms with E-state index in [0.717, 1.165) is 12.1 Å². The Morgan fingerprint density at radius 2 is 2.05 bits per heavy atom. The Kier molecular flexibility index (Phi) is 7.22. The summed E-state index contributed by atoms with van der Waals surface area (Å²) < 4.78 is 4.85. The van der Waals surface area contributed by atoms with Crippen LogP contribution in [-0.4, -0.2) is 55.9 Å². The van der Waals surface area contributed by atoms with Crippen molar-refractivity contribution in [3.63, 3.8) is 0 Å². The van der Waals surface area contributed by atoms with Gasteiger partial charge in [0.05, 0.1) is 19.3 Å². The van der Waals surface area contributed by atoms with Gasteiger partial charge >= 0.3 is 0 Å². The van der Waals surface area contributed by atoms with Gasteiger partial charge in [0.15, 0.2) is 0 Å². The number of benzene rings is 1. The quantitative estimate of drug-likeness (QED) is 0.749. The Hall–Kier alpha value is -1.43. The predicted octanol–water partition coefficient (Wildman–Crippen LogP) is 1.13. The molecule has 1 rings (SSSR count). The Labute approximate surface area is 120 Å². The van der Waals surface area contributed by atoms with Crippen molar-refractivity contribution < 1.29 is 14.6 Å². The maximum absolute atomic E-state index is 11.9. The second kappa shape index (κ2) is 8.68. The van der Waals surface area contributed by atoms with Gasteiger partial charge in [-0.15, -0.1) is 0 Å². The molecule has 0 radical (unpaired) electrons. The number of ether oxygens (including phenoxy) is 1. The first-order chi connectivity index (χ1) is 9.55. The molecule has 20 heavy (non-hydrogen) atoms. The molecule has 0 fully saturated rings. The van der Waals surface area contributed by atoms with Crippen LogP contribution < -0.4 is 5.32 Å². The van der Waals surface area contributed by atoms with Crippen molar-refractivity contribution in [3.8, 4) is 0 Å². The van der Waals surface area contributed by atoms with E-state index in [0.29, 0.717) is 6.54 Å².